The Labute approximate surface area is 232 Å². The Hall–Kier alpha value is -2.75. The van der Waals surface area contributed by atoms with Crippen LogP contribution in [-0.4, -0.2) is 32.6 Å². The van der Waals surface area contributed by atoms with Gasteiger partial charge in [-0.3, -0.25) is 4.79 Å². The zero-order valence-corrected chi connectivity index (χ0v) is 23.4. The predicted octanol–water partition coefficient (Wildman–Crippen LogP) is 5.28. The smallest absolute Gasteiger partial charge is 0.339 e. The first-order chi connectivity index (χ1) is 18.3. The van der Waals surface area contributed by atoms with Gasteiger partial charge in [0.1, 0.15) is 18.0 Å². The molecule has 39 heavy (non-hydrogen) atoms. The van der Waals surface area contributed by atoms with Crippen LogP contribution < -0.4 is 9.88 Å². The third-order valence-corrected chi connectivity index (χ3v) is 10.3. The van der Waals surface area contributed by atoms with E-state index in [0.717, 1.165) is 23.6 Å². The number of sulfonamides is 1. The number of carbonyl (C=O) groups excluding carboxylic acids is 2. The SMILES string of the molecule is C=C[C@]12CC[C@]3(C)C[C@H](OC(=O)c4cc(S(N)(=O)=O)ccc4Cl)CC3C1[C@H](F)Cc1cc(OC(C)=O)ccc12. The topological polar surface area (TPSA) is 113 Å². The van der Waals surface area contributed by atoms with E-state index in [9.17, 15) is 18.0 Å². The molecule has 10 heteroatoms. The molecule has 0 heterocycles. The van der Waals surface area contributed by atoms with Crippen LogP contribution in [0.5, 0.6) is 5.75 Å². The van der Waals surface area contributed by atoms with Crippen LogP contribution in [-0.2, 0) is 31.4 Å². The maximum atomic E-state index is 16.1. The molecule has 0 bridgehead atoms. The molecule has 3 aliphatic carbocycles. The summed E-state index contributed by atoms with van der Waals surface area (Å²) in [6.07, 6.45) is 2.92. The first-order valence-electron chi connectivity index (χ1n) is 12.9. The quantitative estimate of drug-likeness (QED) is 0.295. The summed E-state index contributed by atoms with van der Waals surface area (Å²) in [4.78, 5) is 24.3. The number of allylic oxidation sites excluding steroid dienone is 1. The maximum Gasteiger partial charge on any atom is 0.339 e. The molecule has 6 atom stereocenters. The summed E-state index contributed by atoms with van der Waals surface area (Å²) in [7, 11) is -4.03. The van der Waals surface area contributed by atoms with E-state index in [0.29, 0.717) is 25.0 Å². The fourth-order valence-corrected chi connectivity index (χ4v) is 8.08. The van der Waals surface area contributed by atoms with Crippen LogP contribution >= 0.6 is 11.6 Å². The van der Waals surface area contributed by atoms with Crippen LogP contribution in [0.4, 0.5) is 4.39 Å². The van der Waals surface area contributed by atoms with Crippen molar-refractivity contribution in [3.05, 3.63) is 70.8 Å². The Balaban J connectivity index is 1.43. The number of halogens is 2. The lowest BCUT2D eigenvalue weighted by Gasteiger charge is -2.56. The van der Waals surface area contributed by atoms with Crippen LogP contribution in [0.25, 0.3) is 0 Å². The average molecular weight is 576 g/mol. The Morgan fingerprint density at radius 3 is 2.62 bits per heavy atom. The average Bonchev–Trinajstić information content (AvgIpc) is 3.18. The molecular formula is C29H31ClFNO6S. The number of hydrogen-bond donors (Lipinski definition) is 1. The van der Waals surface area contributed by atoms with Gasteiger partial charge in [0.25, 0.3) is 0 Å². The zero-order valence-electron chi connectivity index (χ0n) is 21.8. The summed E-state index contributed by atoms with van der Waals surface area (Å²) in [5.41, 5.74) is 0.876. The monoisotopic (exact) mass is 575 g/mol. The van der Waals surface area contributed by atoms with Gasteiger partial charge in [0, 0.05) is 24.7 Å². The molecule has 2 N–H and O–H groups in total. The minimum absolute atomic E-state index is 0.0560. The number of fused-ring (bicyclic) bond motifs is 5. The standard InChI is InChI=1S/C29H31ClFNO6S/c1-4-29-10-9-28(3)15-19(38-27(34)21-14-20(39(32,35)36)6-8-24(21)30)13-23(28)26(29)25(31)12-17-11-18(37-16(2)33)5-7-22(17)29/h4-8,11,14,19,23,25-26H,1,9-10,12-13,15H2,2-3H3,(H2,32,35,36)/t19-,23?,25-,26?,28-,29-/m1/s1. The van der Waals surface area contributed by atoms with Gasteiger partial charge in [-0.15, -0.1) is 6.58 Å². The Morgan fingerprint density at radius 1 is 1.21 bits per heavy atom. The summed E-state index contributed by atoms with van der Waals surface area (Å²) >= 11 is 6.19. The highest BCUT2D eigenvalue weighted by atomic mass is 35.5. The molecule has 208 valence electrons. The molecule has 3 aliphatic rings. The summed E-state index contributed by atoms with van der Waals surface area (Å²) < 4.78 is 50.8. The third-order valence-electron chi connectivity index (χ3n) is 9.01. The molecule has 2 saturated carbocycles. The minimum Gasteiger partial charge on any atom is -0.459 e. The maximum absolute atomic E-state index is 16.1. The molecule has 2 unspecified atom stereocenters. The lowest BCUT2D eigenvalue weighted by Crippen LogP contribution is -2.54. The van der Waals surface area contributed by atoms with Crippen LogP contribution in [0.3, 0.4) is 0 Å². The lowest BCUT2D eigenvalue weighted by atomic mass is 9.48. The molecule has 0 saturated heterocycles. The molecule has 7 nitrogen and oxygen atoms in total. The second-order valence-corrected chi connectivity index (χ2v) is 13.3. The molecule has 0 aliphatic heterocycles. The van der Waals surface area contributed by atoms with E-state index in [1.807, 2.05) is 12.1 Å². The molecule has 0 amide bonds. The molecule has 0 aromatic heterocycles. The van der Waals surface area contributed by atoms with Crippen molar-refractivity contribution in [3.8, 4) is 5.75 Å². The highest BCUT2D eigenvalue weighted by molar-refractivity contribution is 7.89. The van der Waals surface area contributed by atoms with Crippen LogP contribution in [0, 0.1) is 17.3 Å². The van der Waals surface area contributed by atoms with Gasteiger partial charge in [-0.2, -0.15) is 0 Å². The second kappa shape index (κ2) is 9.71. The number of carbonyl (C=O) groups is 2. The number of nitrogens with two attached hydrogens (primary N) is 1. The van der Waals surface area contributed by atoms with Gasteiger partial charge in [0.15, 0.2) is 0 Å². The number of rotatable bonds is 5. The lowest BCUT2D eigenvalue weighted by molar-refractivity contribution is -0.131. The van der Waals surface area contributed by atoms with Gasteiger partial charge < -0.3 is 9.47 Å². The van der Waals surface area contributed by atoms with Gasteiger partial charge in [-0.25, -0.2) is 22.7 Å². The number of ether oxygens (including phenoxy) is 2. The summed E-state index contributed by atoms with van der Waals surface area (Å²) in [6, 6.07) is 9.05. The van der Waals surface area contributed by atoms with Gasteiger partial charge in [-0.05, 0) is 78.5 Å². The van der Waals surface area contributed by atoms with Gasteiger partial charge >= 0.3 is 11.9 Å². The first kappa shape index (κ1) is 27.8. The van der Waals surface area contributed by atoms with E-state index in [4.69, 9.17) is 26.2 Å². The molecule has 2 aromatic carbocycles. The van der Waals surface area contributed by atoms with Gasteiger partial charge in [0.2, 0.25) is 10.0 Å². The fourth-order valence-electron chi connectivity index (χ4n) is 7.35. The van der Waals surface area contributed by atoms with Crippen molar-refractivity contribution < 1.29 is 31.9 Å². The summed E-state index contributed by atoms with van der Waals surface area (Å²) in [5.74, 6) is -1.22. The molecular weight excluding hydrogens is 545 g/mol. The van der Waals surface area contributed by atoms with Crippen molar-refractivity contribution in [2.24, 2.45) is 22.4 Å². The Morgan fingerprint density at radius 2 is 1.95 bits per heavy atom. The van der Waals surface area contributed by atoms with E-state index < -0.39 is 39.7 Å². The Kier molecular flexibility index (Phi) is 6.92. The van der Waals surface area contributed by atoms with E-state index >= 15 is 4.39 Å². The van der Waals surface area contributed by atoms with Crippen molar-refractivity contribution in [2.45, 2.75) is 68.5 Å². The predicted molar refractivity (Wildman–Crippen MR) is 144 cm³/mol. The molecule has 2 fully saturated rings. The van der Waals surface area contributed by atoms with Crippen molar-refractivity contribution in [2.75, 3.05) is 0 Å². The Bertz CT molecular complexity index is 1480. The van der Waals surface area contributed by atoms with Crippen LogP contribution in [0.2, 0.25) is 5.02 Å². The van der Waals surface area contributed by atoms with Crippen molar-refractivity contribution in [1.82, 2.24) is 0 Å². The van der Waals surface area contributed by atoms with Gasteiger partial charge in [-0.1, -0.05) is 30.7 Å². The fraction of sp³-hybridized carbons (Fsp3) is 0.448. The number of primary sulfonamides is 1. The molecule has 5 rings (SSSR count). The first-order valence-corrected chi connectivity index (χ1v) is 14.8. The normalized spacial score (nSPS) is 31.4. The van der Waals surface area contributed by atoms with Crippen molar-refractivity contribution >= 4 is 33.6 Å². The van der Waals surface area contributed by atoms with Crippen LogP contribution in [0.15, 0.2) is 53.9 Å². The number of alkyl halides is 1. The molecule has 0 spiro atoms. The zero-order chi connectivity index (χ0) is 28.3. The van der Waals surface area contributed by atoms with Crippen LogP contribution in [0.1, 0.15) is 61.0 Å². The van der Waals surface area contributed by atoms with E-state index in [2.05, 4.69) is 13.5 Å². The second-order valence-electron chi connectivity index (χ2n) is 11.3. The van der Waals surface area contributed by atoms with E-state index in [1.54, 1.807) is 12.1 Å². The number of esters is 2. The van der Waals surface area contributed by atoms with Crippen molar-refractivity contribution in [1.29, 1.82) is 0 Å². The third kappa shape index (κ3) is 4.78. The van der Waals surface area contributed by atoms with Gasteiger partial charge in [0.05, 0.1) is 15.5 Å². The van der Waals surface area contributed by atoms with E-state index in [-0.39, 0.29) is 39.2 Å². The number of hydrogen-bond acceptors (Lipinski definition) is 6. The van der Waals surface area contributed by atoms with E-state index in [1.165, 1.54) is 19.1 Å². The highest BCUT2D eigenvalue weighted by Crippen LogP contribution is 2.64. The largest absolute Gasteiger partial charge is 0.459 e. The summed E-state index contributed by atoms with van der Waals surface area (Å²) in [6.45, 7) is 7.59. The minimum atomic E-state index is -4.03. The molecule has 2 aromatic rings. The summed E-state index contributed by atoms with van der Waals surface area (Å²) in [5, 5.41) is 5.27. The number of benzene rings is 2. The highest BCUT2D eigenvalue weighted by Gasteiger charge is 2.61. The molecule has 0 radical (unpaired) electrons. The van der Waals surface area contributed by atoms with Crippen molar-refractivity contribution in [3.63, 3.8) is 0 Å².